The number of para-hydroxylation sites is 6. The highest BCUT2D eigenvalue weighted by atomic mass is 16.5. The summed E-state index contributed by atoms with van der Waals surface area (Å²) in [6.45, 7) is 18.0. The minimum Gasteiger partial charge on any atom is -0.458 e. The summed E-state index contributed by atoms with van der Waals surface area (Å²) < 4.78 is 88.4. The van der Waals surface area contributed by atoms with E-state index in [4.69, 9.17) is 15.2 Å². The van der Waals surface area contributed by atoms with Crippen LogP contribution in [-0.2, 0) is 10.8 Å². The van der Waals surface area contributed by atoms with Crippen LogP contribution in [0.5, 0.6) is 11.5 Å². The first-order chi connectivity index (χ1) is 41.7. The Morgan fingerprint density at radius 1 is 0.544 bits per heavy atom. The summed E-state index contributed by atoms with van der Waals surface area (Å²) in [6.07, 6.45) is 7.54. The molecule has 9 aromatic carbocycles. The Labute approximate surface area is 474 Å². The van der Waals surface area contributed by atoms with Crippen LogP contribution in [0.25, 0.3) is 99.8 Å². The van der Waals surface area contributed by atoms with Crippen LogP contribution in [0.2, 0.25) is 0 Å². The van der Waals surface area contributed by atoms with Crippen LogP contribution in [0.4, 0.5) is 0 Å². The standard InChI is InChI=1S/C73H65N5O/c1-9-48(10-2)50-38-39-74-69(42-50)78-64-35-19-16-30-61(64)70-67(77-62-33-17-14-28-59(62)60-29-15-18-34-63(60)77)45-56(46-68(70)78)79-55-27-22-26-54(44-55)75-47-76(66-37-21-20-36-65(66)75)71-57(49-24-12-11-13-25-49)31-23-32-58(71)51-40-52(72(3,4)5)43-53(41-51)73(6,7)8/h11-46,48H,9-10H2,1-8H3/i14D,15D,17D,18D,28D,29D,33D,34D. The zero-order chi connectivity index (χ0) is 61.1. The molecule has 0 saturated carbocycles. The molecular weight excluding hydrogens is 963 g/mol. The van der Waals surface area contributed by atoms with Crippen molar-refractivity contribution >= 4 is 54.6 Å². The van der Waals surface area contributed by atoms with E-state index in [1.54, 1.807) is 10.6 Å². The molecule has 79 heavy (non-hydrogen) atoms. The lowest BCUT2D eigenvalue weighted by molar-refractivity contribution is -0.571. The van der Waals surface area contributed by atoms with E-state index in [2.05, 4.69) is 166 Å². The lowest BCUT2D eigenvalue weighted by Gasteiger charge is -2.27. The number of ether oxygens (including phenoxy) is 1. The van der Waals surface area contributed by atoms with Crippen molar-refractivity contribution in [1.82, 2.24) is 18.7 Å². The van der Waals surface area contributed by atoms with Gasteiger partial charge in [-0.15, -0.1) is 0 Å². The van der Waals surface area contributed by atoms with Gasteiger partial charge in [-0.05, 0) is 117 Å². The highest BCUT2D eigenvalue weighted by Crippen LogP contribution is 2.44. The van der Waals surface area contributed by atoms with E-state index < -0.39 is 48.3 Å². The third kappa shape index (κ3) is 8.67. The predicted molar refractivity (Wildman–Crippen MR) is 328 cm³/mol. The van der Waals surface area contributed by atoms with Gasteiger partial charge in [-0.3, -0.25) is 13.7 Å². The molecule has 0 amide bonds. The third-order valence-corrected chi connectivity index (χ3v) is 15.7. The Morgan fingerprint density at radius 2 is 1.18 bits per heavy atom. The minimum absolute atomic E-state index is 0.00556. The highest BCUT2D eigenvalue weighted by Gasteiger charge is 2.26. The molecule has 13 aromatic rings. The van der Waals surface area contributed by atoms with E-state index in [1.807, 2.05) is 72.9 Å². The first kappa shape index (κ1) is 41.1. The maximum absolute atomic E-state index is 9.55. The van der Waals surface area contributed by atoms with Crippen molar-refractivity contribution in [3.05, 3.63) is 241 Å². The summed E-state index contributed by atoms with van der Waals surface area (Å²) in [6, 6.07) is 52.3. The summed E-state index contributed by atoms with van der Waals surface area (Å²) in [5.74, 6) is 1.74. The van der Waals surface area contributed by atoms with Crippen molar-refractivity contribution in [3.8, 4) is 56.6 Å². The van der Waals surface area contributed by atoms with Crippen LogP contribution in [0, 0.1) is 6.33 Å². The van der Waals surface area contributed by atoms with Crippen LogP contribution in [0.3, 0.4) is 0 Å². The molecule has 388 valence electrons. The van der Waals surface area contributed by atoms with E-state index >= 15 is 0 Å². The van der Waals surface area contributed by atoms with Crippen molar-refractivity contribution in [3.63, 3.8) is 0 Å². The van der Waals surface area contributed by atoms with Gasteiger partial charge in [-0.1, -0.05) is 207 Å². The topological polar surface area (TPSA) is 40.8 Å². The molecule has 6 nitrogen and oxygen atoms in total. The Balaban J connectivity index is 1.05. The Bertz CT molecular complexity index is 4840. The maximum Gasteiger partial charge on any atom is 0.269 e. The molecule has 6 heteroatoms. The van der Waals surface area contributed by atoms with Crippen LogP contribution in [-0.4, -0.2) is 18.7 Å². The molecular formula is C73H65N5O. The zero-order valence-corrected chi connectivity index (χ0v) is 45.8. The molecule has 13 rings (SSSR count). The van der Waals surface area contributed by atoms with Gasteiger partial charge in [0.15, 0.2) is 0 Å². The van der Waals surface area contributed by atoms with Gasteiger partial charge in [-0.2, -0.15) is 0 Å². The van der Waals surface area contributed by atoms with Gasteiger partial charge in [0.2, 0.25) is 0 Å². The lowest BCUT2D eigenvalue weighted by atomic mass is 9.78. The molecule has 0 atom stereocenters. The first-order valence-corrected chi connectivity index (χ1v) is 27.3. The number of nitrogens with zero attached hydrogens (tertiary/aromatic N) is 5. The molecule has 0 aliphatic rings. The van der Waals surface area contributed by atoms with E-state index in [0.29, 0.717) is 33.9 Å². The van der Waals surface area contributed by atoms with Gasteiger partial charge in [0.25, 0.3) is 6.33 Å². The van der Waals surface area contributed by atoms with Gasteiger partial charge in [0.1, 0.15) is 17.3 Å². The van der Waals surface area contributed by atoms with Gasteiger partial charge in [0.05, 0.1) is 61.1 Å². The largest absolute Gasteiger partial charge is 0.458 e. The number of imidazole rings is 1. The number of pyridine rings is 1. The summed E-state index contributed by atoms with van der Waals surface area (Å²) in [4.78, 5) is 5.01. The molecule has 0 bridgehead atoms. The number of hydrogen-bond acceptors (Lipinski definition) is 2. The second-order valence-electron chi connectivity index (χ2n) is 22.7. The zero-order valence-electron chi connectivity index (χ0n) is 53.8. The molecule has 0 unspecified atom stereocenters. The van der Waals surface area contributed by atoms with E-state index in [9.17, 15) is 5.48 Å². The molecule has 4 aromatic heterocycles. The molecule has 4 heterocycles. The maximum atomic E-state index is 9.55. The van der Waals surface area contributed by atoms with Gasteiger partial charge >= 0.3 is 0 Å². The Morgan fingerprint density at radius 3 is 1.87 bits per heavy atom. The summed E-state index contributed by atoms with van der Waals surface area (Å²) in [7, 11) is 0. The average molecular weight is 1040 g/mol. The number of fused-ring (bicyclic) bond motifs is 7. The highest BCUT2D eigenvalue weighted by molar-refractivity contribution is 6.16. The number of benzene rings is 9. The molecule has 0 fully saturated rings. The third-order valence-electron chi connectivity index (χ3n) is 15.7. The van der Waals surface area contributed by atoms with E-state index in [-0.39, 0.29) is 38.6 Å². The number of rotatable bonds is 11. The second-order valence-corrected chi connectivity index (χ2v) is 22.7. The van der Waals surface area contributed by atoms with Crippen LogP contribution < -0.4 is 9.30 Å². The van der Waals surface area contributed by atoms with Gasteiger partial charge in [-0.25, -0.2) is 4.98 Å². The lowest BCUT2D eigenvalue weighted by Crippen LogP contribution is -2.31. The fourth-order valence-corrected chi connectivity index (χ4v) is 11.5. The molecule has 0 saturated heterocycles. The summed E-state index contributed by atoms with van der Waals surface area (Å²) in [5, 5.41) is 1.39. The molecule has 0 spiro atoms. The van der Waals surface area contributed by atoms with Crippen molar-refractivity contribution < 1.29 is 20.3 Å². The number of hydrogen-bond donors (Lipinski definition) is 0. The van der Waals surface area contributed by atoms with Crippen molar-refractivity contribution in [1.29, 1.82) is 0 Å². The predicted octanol–water partition coefficient (Wildman–Crippen LogP) is 18.9. The smallest absolute Gasteiger partial charge is 0.269 e. The monoisotopic (exact) mass is 1040 g/mol. The van der Waals surface area contributed by atoms with Crippen molar-refractivity contribution in [2.75, 3.05) is 0 Å². The summed E-state index contributed by atoms with van der Waals surface area (Å²) in [5.41, 5.74) is 13.1. The van der Waals surface area contributed by atoms with Crippen molar-refractivity contribution in [2.45, 2.75) is 85.0 Å². The molecule has 0 aliphatic heterocycles. The van der Waals surface area contributed by atoms with E-state index in [1.165, 1.54) is 11.1 Å². The normalized spacial score (nSPS) is 13.7. The first-order valence-electron chi connectivity index (χ1n) is 31.3. The van der Waals surface area contributed by atoms with Crippen LogP contribution in [0.1, 0.15) is 102 Å². The van der Waals surface area contributed by atoms with Gasteiger partial charge in [0, 0.05) is 39.9 Å². The fraction of sp³-hybridized carbons (Fsp3) is 0.178. The summed E-state index contributed by atoms with van der Waals surface area (Å²) >= 11 is 0. The fourth-order valence-electron chi connectivity index (χ4n) is 11.5. The van der Waals surface area contributed by atoms with Crippen LogP contribution in [0.15, 0.2) is 218 Å². The Kier molecular flexibility index (Phi) is 10.1. The van der Waals surface area contributed by atoms with Crippen molar-refractivity contribution in [2.24, 2.45) is 0 Å². The molecule has 0 aliphatic carbocycles. The quantitative estimate of drug-likeness (QED) is 0.0957. The van der Waals surface area contributed by atoms with Gasteiger partial charge < -0.3 is 9.30 Å². The minimum atomic E-state index is -0.513. The number of aromatic nitrogens is 5. The van der Waals surface area contributed by atoms with E-state index in [0.717, 1.165) is 74.0 Å². The average Bonchev–Trinajstić information content (AvgIpc) is 1.60. The molecule has 0 N–H and O–H groups in total. The van der Waals surface area contributed by atoms with Crippen LogP contribution >= 0.6 is 0 Å². The SMILES string of the molecule is [2H]c1c([2H])c([2H])c2c(c1[2H])c1c([2H])c([2H])c([2H])c([2H])c1n2-c1cc(Oc2cccc(-n3[c-][n+](-c4c(-c5ccccc5)cccc4-c4cc(C(C)(C)C)cc(C(C)(C)C)c4)c4ccccc43)c2)cc2c1c1ccccc1n2-c1cc(C(CC)CC)ccn1. The Hall–Kier alpha value is -9.00. The second kappa shape index (κ2) is 19.5. The molecule has 0 radical (unpaired) electrons.